The molecule has 3 aromatic rings. The first-order valence-electron chi connectivity index (χ1n) is 13.1. The van der Waals surface area contributed by atoms with Crippen molar-refractivity contribution in [3.63, 3.8) is 0 Å². The molecule has 0 heterocycles. The fraction of sp³-hybridized carbons (Fsp3) is 0.333. The maximum atomic E-state index is 14.2. The van der Waals surface area contributed by atoms with E-state index in [-0.39, 0.29) is 23.1 Å². The average molecular weight is 602 g/mol. The smallest absolute Gasteiger partial charge is 0.264 e. The minimum atomic E-state index is -4.28. The Morgan fingerprint density at radius 1 is 0.951 bits per heavy atom. The monoisotopic (exact) mass is 601 g/mol. The summed E-state index contributed by atoms with van der Waals surface area (Å²) in [5, 5.41) is 3.22. The third-order valence-electron chi connectivity index (χ3n) is 6.48. The second-order valence-corrected chi connectivity index (χ2v) is 11.9. The van der Waals surface area contributed by atoms with Gasteiger partial charge in [0.15, 0.2) is 11.5 Å². The van der Waals surface area contributed by atoms with Gasteiger partial charge in [0.2, 0.25) is 11.8 Å². The quantitative estimate of drug-likeness (QED) is 0.322. The molecule has 0 aliphatic carbocycles. The van der Waals surface area contributed by atoms with E-state index in [4.69, 9.17) is 21.1 Å². The molecule has 0 spiro atoms. The molecular weight excluding hydrogens is 566 g/mol. The van der Waals surface area contributed by atoms with Crippen LogP contribution in [0.4, 0.5) is 5.69 Å². The van der Waals surface area contributed by atoms with Crippen LogP contribution in [0.25, 0.3) is 0 Å². The van der Waals surface area contributed by atoms with Crippen LogP contribution in [0.3, 0.4) is 0 Å². The minimum Gasteiger partial charge on any atom is -0.493 e. The number of carbonyl (C=O) groups is 2. The summed E-state index contributed by atoms with van der Waals surface area (Å²) in [7, 11) is -1.41. The van der Waals surface area contributed by atoms with Crippen LogP contribution in [-0.2, 0) is 26.2 Å². The van der Waals surface area contributed by atoms with Crippen molar-refractivity contribution in [2.24, 2.45) is 0 Å². The molecule has 41 heavy (non-hydrogen) atoms. The summed E-state index contributed by atoms with van der Waals surface area (Å²) < 4.78 is 40.0. The number of hydrogen-bond donors (Lipinski definition) is 1. The molecule has 0 unspecified atom stereocenters. The summed E-state index contributed by atoms with van der Waals surface area (Å²) in [5.74, 6) is -0.327. The standard InChI is InChI=1S/C30H36ClN3O6S/c1-7-32-30(36)22(4)33(18-23-9-8-10-24(31)16-23)29(35)19-34(25-14-20(2)13-21(3)15-25)41(37,38)26-11-12-27(39-5)28(17-26)40-6/h8-17,22H,7,18-19H2,1-6H3,(H,32,36)/t22-/m1/s1. The molecule has 9 nitrogen and oxygen atoms in total. The molecule has 0 saturated heterocycles. The number of rotatable bonds is 12. The first kappa shape index (κ1) is 31.8. The summed E-state index contributed by atoms with van der Waals surface area (Å²) in [6, 6.07) is 15.6. The van der Waals surface area contributed by atoms with Crippen molar-refractivity contribution in [2.75, 3.05) is 31.6 Å². The highest BCUT2D eigenvalue weighted by atomic mass is 35.5. The zero-order valence-corrected chi connectivity index (χ0v) is 25.7. The number of halogens is 1. The average Bonchev–Trinajstić information content (AvgIpc) is 2.93. The first-order chi connectivity index (χ1) is 19.4. The van der Waals surface area contributed by atoms with E-state index in [9.17, 15) is 18.0 Å². The second kappa shape index (κ2) is 13.7. The lowest BCUT2D eigenvalue weighted by Gasteiger charge is -2.32. The first-order valence-corrected chi connectivity index (χ1v) is 14.9. The lowest BCUT2D eigenvalue weighted by atomic mass is 10.1. The maximum Gasteiger partial charge on any atom is 0.264 e. The summed E-state index contributed by atoms with van der Waals surface area (Å²) in [6.45, 7) is 6.97. The number of methoxy groups -OCH3 is 2. The number of amides is 2. The van der Waals surface area contributed by atoms with Crippen LogP contribution >= 0.6 is 11.6 Å². The number of ether oxygens (including phenoxy) is 2. The molecule has 3 rings (SSSR count). The lowest BCUT2D eigenvalue weighted by molar-refractivity contribution is -0.139. The number of likely N-dealkylation sites (N-methyl/N-ethyl adjacent to an activating group) is 1. The van der Waals surface area contributed by atoms with Gasteiger partial charge in [-0.3, -0.25) is 13.9 Å². The zero-order chi connectivity index (χ0) is 30.3. The van der Waals surface area contributed by atoms with Gasteiger partial charge in [0.25, 0.3) is 10.0 Å². The number of nitrogens with one attached hydrogen (secondary N) is 1. The van der Waals surface area contributed by atoms with Crippen LogP contribution in [0.15, 0.2) is 65.6 Å². The van der Waals surface area contributed by atoms with E-state index in [1.54, 1.807) is 50.2 Å². The van der Waals surface area contributed by atoms with Gasteiger partial charge in [0.1, 0.15) is 12.6 Å². The Morgan fingerprint density at radius 3 is 2.20 bits per heavy atom. The van der Waals surface area contributed by atoms with Gasteiger partial charge in [-0.25, -0.2) is 8.42 Å². The Kier molecular flexibility index (Phi) is 10.6. The molecule has 0 aliphatic rings. The van der Waals surface area contributed by atoms with E-state index < -0.39 is 28.5 Å². The van der Waals surface area contributed by atoms with Crippen LogP contribution in [0.2, 0.25) is 5.02 Å². The van der Waals surface area contributed by atoms with Gasteiger partial charge in [0.05, 0.1) is 24.8 Å². The molecule has 2 amide bonds. The highest BCUT2D eigenvalue weighted by Crippen LogP contribution is 2.33. The third kappa shape index (κ3) is 7.71. The highest BCUT2D eigenvalue weighted by molar-refractivity contribution is 7.92. The van der Waals surface area contributed by atoms with E-state index >= 15 is 0 Å². The Bertz CT molecular complexity index is 1490. The fourth-order valence-electron chi connectivity index (χ4n) is 4.46. The van der Waals surface area contributed by atoms with Crippen molar-refractivity contribution in [2.45, 2.75) is 45.2 Å². The minimum absolute atomic E-state index is 0.0504. The number of carbonyl (C=O) groups excluding carboxylic acids is 2. The molecule has 3 aromatic carbocycles. The van der Waals surface area contributed by atoms with E-state index in [1.165, 1.54) is 37.3 Å². The Balaban J connectivity index is 2.11. The molecular formula is C30H36ClN3O6S. The summed E-state index contributed by atoms with van der Waals surface area (Å²) in [4.78, 5) is 28.1. The van der Waals surface area contributed by atoms with E-state index in [0.717, 1.165) is 15.4 Å². The predicted octanol–water partition coefficient (Wildman–Crippen LogP) is 4.72. The van der Waals surface area contributed by atoms with Crippen molar-refractivity contribution >= 4 is 39.1 Å². The van der Waals surface area contributed by atoms with Crippen LogP contribution in [0.5, 0.6) is 11.5 Å². The van der Waals surface area contributed by atoms with Crippen LogP contribution < -0.4 is 19.1 Å². The molecule has 0 saturated carbocycles. The van der Waals surface area contributed by atoms with Crippen molar-refractivity contribution in [1.29, 1.82) is 0 Å². The maximum absolute atomic E-state index is 14.2. The van der Waals surface area contributed by atoms with Gasteiger partial charge in [-0.15, -0.1) is 0 Å². The highest BCUT2D eigenvalue weighted by Gasteiger charge is 2.33. The Hall–Kier alpha value is -3.76. The number of aryl methyl sites for hydroxylation is 2. The summed E-state index contributed by atoms with van der Waals surface area (Å²) >= 11 is 6.18. The molecule has 0 radical (unpaired) electrons. The van der Waals surface area contributed by atoms with Gasteiger partial charge >= 0.3 is 0 Å². The molecule has 1 N–H and O–H groups in total. The number of sulfonamides is 1. The second-order valence-electron chi connectivity index (χ2n) is 9.60. The molecule has 0 bridgehead atoms. The largest absolute Gasteiger partial charge is 0.493 e. The summed E-state index contributed by atoms with van der Waals surface area (Å²) in [5.41, 5.74) is 2.67. The van der Waals surface area contributed by atoms with E-state index in [1.807, 2.05) is 19.9 Å². The van der Waals surface area contributed by atoms with Gasteiger partial charge in [-0.05, 0) is 80.8 Å². The summed E-state index contributed by atoms with van der Waals surface area (Å²) in [6.07, 6.45) is 0. The van der Waals surface area contributed by atoms with Gasteiger partial charge in [0, 0.05) is 24.2 Å². The molecule has 0 aliphatic heterocycles. The predicted molar refractivity (Wildman–Crippen MR) is 160 cm³/mol. The topological polar surface area (TPSA) is 105 Å². The SMILES string of the molecule is CCNC(=O)[C@@H](C)N(Cc1cccc(Cl)c1)C(=O)CN(c1cc(C)cc(C)c1)S(=O)(=O)c1ccc(OC)c(OC)c1. The van der Waals surface area contributed by atoms with Crippen molar-refractivity contribution < 1.29 is 27.5 Å². The van der Waals surface area contributed by atoms with Gasteiger partial charge in [-0.2, -0.15) is 0 Å². The number of hydrogen-bond acceptors (Lipinski definition) is 6. The molecule has 1 atom stereocenters. The van der Waals surface area contributed by atoms with Crippen LogP contribution in [0.1, 0.15) is 30.5 Å². The van der Waals surface area contributed by atoms with Crippen molar-refractivity contribution in [3.8, 4) is 11.5 Å². The van der Waals surface area contributed by atoms with Crippen molar-refractivity contribution in [1.82, 2.24) is 10.2 Å². The number of benzene rings is 3. The van der Waals surface area contributed by atoms with Gasteiger partial charge < -0.3 is 19.7 Å². The Labute approximate surface area is 247 Å². The lowest BCUT2D eigenvalue weighted by Crippen LogP contribution is -2.51. The zero-order valence-electron chi connectivity index (χ0n) is 24.1. The molecule has 220 valence electrons. The number of anilines is 1. The Morgan fingerprint density at radius 2 is 1.61 bits per heavy atom. The molecule has 0 fully saturated rings. The van der Waals surface area contributed by atoms with Crippen LogP contribution in [-0.4, -0.2) is 58.5 Å². The van der Waals surface area contributed by atoms with Crippen molar-refractivity contribution in [3.05, 3.63) is 82.4 Å². The van der Waals surface area contributed by atoms with E-state index in [2.05, 4.69) is 5.32 Å². The van der Waals surface area contributed by atoms with Crippen LogP contribution in [0, 0.1) is 13.8 Å². The van der Waals surface area contributed by atoms with E-state index in [0.29, 0.717) is 28.6 Å². The third-order valence-corrected chi connectivity index (χ3v) is 8.48. The molecule has 0 aromatic heterocycles. The molecule has 11 heteroatoms. The fourth-order valence-corrected chi connectivity index (χ4v) is 6.09. The van der Waals surface area contributed by atoms with Gasteiger partial charge in [-0.1, -0.05) is 29.8 Å². The normalized spacial score (nSPS) is 11.9. The number of nitrogens with zero attached hydrogens (tertiary/aromatic N) is 2.